The van der Waals surface area contributed by atoms with Gasteiger partial charge in [-0.05, 0) is 39.7 Å². The van der Waals surface area contributed by atoms with Crippen LogP contribution in [0.2, 0.25) is 0 Å². The van der Waals surface area contributed by atoms with Crippen LogP contribution in [0.4, 0.5) is 0 Å². The molecule has 2 aliphatic rings. The second-order valence-electron chi connectivity index (χ2n) is 6.06. The van der Waals surface area contributed by atoms with Crippen molar-refractivity contribution in [3.8, 4) is 0 Å². The van der Waals surface area contributed by atoms with E-state index in [4.69, 9.17) is 11.6 Å². The third-order valence-electron chi connectivity index (χ3n) is 4.25. The fourth-order valence-corrected chi connectivity index (χ4v) is 2.92. The lowest BCUT2D eigenvalue weighted by Gasteiger charge is -2.39. The molecule has 5 heteroatoms. The van der Waals surface area contributed by atoms with Gasteiger partial charge in [-0.25, -0.2) is 0 Å². The van der Waals surface area contributed by atoms with Gasteiger partial charge >= 0.3 is 0 Å². The van der Waals surface area contributed by atoms with Crippen molar-refractivity contribution in [2.75, 3.05) is 19.6 Å². The highest BCUT2D eigenvalue weighted by molar-refractivity contribution is 6.59. The Morgan fingerprint density at radius 3 is 2.80 bits per heavy atom. The molecule has 1 N–H and O–H groups in total. The van der Waals surface area contributed by atoms with Crippen molar-refractivity contribution >= 4 is 23.2 Å². The Hall–Kier alpha value is -0.870. The molecule has 2 aliphatic heterocycles. The van der Waals surface area contributed by atoms with Crippen LogP contribution in [-0.4, -0.2) is 47.7 Å². The first-order valence-electron chi connectivity index (χ1n) is 7.42. The van der Waals surface area contributed by atoms with E-state index in [0.29, 0.717) is 10.7 Å². The smallest absolute Gasteiger partial charge is 0.271 e. The van der Waals surface area contributed by atoms with Crippen molar-refractivity contribution in [1.29, 1.82) is 0 Å². The highest BCUT2D eigenvalue weighted by Crippen LogP contribution is 2.23. The van der Waals surface area contributed by atoms with Crippen molar-refractivity contribution < 1.29 is 4.79 Å². The molecule has 1 atom stereocenters. The van der Waals surface area contributed by atoms with Crippen LogP contribution in [0.25, 0.3) is 0 Å². The lowest BCUT2D eigenvalue weighted by molar-refractivity contribution is -0.117. The molecular formula is C15H24ClN3O. The third-order valence-corrected chi connectivity index (χ3v) is 4.58. The Kier molecular flexibility index (Phi) is 4.86. The summed E-state index contributed by atoms with van der Waals surface area (Å²) in [7, 11) is 0. The zero-order chi connectivity index (χ0) is 14.8. The molecule has 0 spiro atoms. The first-order valence-corrected chi connectivity index (χ1v) is 7.80. The maximum Gasteiger partial charge on any atom is 0.271 e. The summed E-state index contributed by atoms with van der Waals surface area (Å²) in [6.45, 7) is 9.41. The number of rotatable bonds is 3. The second kappa shape index (κ2) is 6.27. The zero-order valence-electron chi connectivity index (χ0n) is 12.6. The quantitative estimate of drug-likeness (QED) is 0.869. The highest BCUT2D eigenvalue weighted by atomic mass is 35.5. The van der Waals surface area contributed by atoms with Crippen molar-refractivity contribution in [3.63, 3.8) is 0 Å². The van der Waals surface area contributed by atoms with Crippen molar-refractivity contribution in [3.05, 3.63) is 11.1 Å². The van der Waals surface area contributed by atoms with E-state index in [1.807, 2.05) is 13.0 Å². The normalized spacial score (nSPS) is 26.7. The van der Waals surface area contributed by atoms with Crippen LogP contribution < -0.4 is 5.32 Å². The van der Waals surface area contributed by atoms with E-state index in [1.54, 1.807) is 0 Å². The van der Waals surface area contributed by atoms with Gasteiger partial charge in [0, 0.05) is 18.6 Å². The SMILES string of the molecule is CCN1CCC(C)(NC(=O)C2=NC(C)CC=C2Cl)CC1. The number of piperidine rings is 1. The maximum atomic E-state index is 12.4. The second-order valence-corrected chi connectivity index (χ2v) is 6.47. The average Bonchev–Trinajstić information content (AvgIpc) is 2.42. The molecule has 0 aromatic carbocycles. The molecule has 112 valence electrons. The van der Waals surface area contributed by atoms with Crippen LogP contribution in [0.3, 0.4) is 0 Å². The third kappa shape index (κ3) is 3.61. The Labute approximate surface area is 126 Å². The minimum atomic E-state index is -0.150. The average molecular weight is 298 g/mol. The van der Waals surface area contributed by atoms with Crippen LogP contribution in [0, 0.1) is 0 Å². The number of amides is 1. The largest absolute Gasteiger partial charge is 0.345 e. The Bertz CT molecular complexity index is 436. The molecule has 0 radical (unpaired) electrons. The number of likely N-dealkylation sites (tertiary alicyclic amines) is 1. The maximum absolute atomic E-state index is 12.4. The molecule has 0 saturated carbocycles. The molecule has 1 saturated heterocycles. The van der Waals surface area contributed by atoms with Crippen molar-refractivity contribution in [2.45, 2.75) is 51.6 Å². The molecule has 2 heterocycles. The lowest BCUT2D eigenvalue weighted by Crippen LogP contribution is -2.55. The van der Waals surface area contributed by atoms with Crippen LogP contribution in [0.5, 0.6) is 0 Å². The molecular weight excluding hydrogens is 274 g/mol. The van der Waals surface area contributed by atoms with E-state index in [1.165, 1.54) is 0 Å². The standard InChI is InChI=1S/C15H24ClN3O/c1-4-19-9-7-15(3,8-10-19)18-14(20)13-12(16)6-5-11(2)17-13/h6,11H,4-5,7-10H2,1-3H3,(H,18,20). The zero-order valence-corrected chi connectivity index (χ0v) is 13.3. The Balaban J connectivity index is 1.99. The summed E-state index contributed by atoms with van der Waals surface area (Å²) in [5.41, 5.74) is 0.243. The topological polar surface area (TPSA) is 44.7 Å². The molecule has 0 aromatic heterocycles. The van der Waals surface area contributed by atoms with Gasteiger partial charge in [-0.15, -0.1) is 0 Å². The van der Waals surface area contributed by atoms with Gasteiger partial charge in [0.1, 0.15) is 5.71 Å². The summed E-state index contributed by atoms with van der Waals surface area (Å²) < 4.78 is 0. The van der Waals surface area contributed by atoms with E-state index in [2.05, 4.69) is 29.1 Å². The molecule has 4 nitrogen and oxygen atoms in total. The van der Waals surface area contributed by atoms with Gasteiger partial charge in [0.15, 0.2) is 0 Å². The highest BCUT2D eigenvalue weighted by Gasteiger charge is 2.33. The van der Waals surface area contributed by atoms with Gasteiger partial charge in [0.25, 0.3) is 5.91 Å². The van der Waals surface area contributed by atoms with Gasteiger partial charge in [-0.3, -0.25) is 9.79 Å². The number of nitrogens with one attached hydrogen (secondary N) is 1. The minimum Gasteiger partial charge on any atom is -0.345 e. The van der Waals surface area contributed by atoms with Gasteiger partial charge in [0.05, 0.1) is 11.1 Å². The summed E-state index contributed by atoms with van der Waals surface area (Å²) in [6, 6.07) is 0.132. The lowest BCUT2D eigenvalue weighted by atomic mass is 9.89. The molecule has 0 aliphatic carbocycles. The van der Waals surface area contributed by atoms with Crippen LogP contribution in [0.1, 0.15) is 40.0 Å². The predicted octanol–water partition coefficient (Wildman–Crippen LogP) is 2.33. The summed E-state index contributed by atoms with van der Waals surface area (Å²) in [6.07, 6.45) is 4.63. The summed E-state index contributed by atoms with van der Waals surface area (Å²) >= 11 is 6.11. The van der Waals surface area contributed by atoms with Crippen molar-refractivity contribution in [2.24, 2.45) is 4.99 Å². The van der Waals surface area contributed by atoms with Gasteiger partial charge in [0.2, 0.25) is 0 Å². The molecule has 0 bridgehead atoms. The number of hydrogen-bond acceptors (Lipinski definition) is 3. The summed E-state index contributed by atoms with van der Waals surface area (Å²) in [5, 5.41) is 3.62. The molecule has 0 aromatic rings. The number of hydrogen-bond donors (Lipinski definition) is 1. The fraction of sp³-hybridized carbons (Fsp3) is 0.733. The number of carbonyl (C=O) groups excluding carboxylic acids is 1. The van der Waals surface area contributed by atoms with Crippen LogP contribution in [0.15, 0.2) is 16.1 Å². The Morgan fingerprint density at radius 2 is 2.20 bits per heavy atom. The van der Waals surface area contributed by atoms with Gasteiger partial charge in [-0.1, -0.05) is 24.6 Å². The monoisotopic (exact) mass is 297 g/mol. The van der Waals surface area contributed by atoms with Crippen molar-refractivity contribution in [1.82, 2.24) is 10.2 Å². The van der Waals surface area contributed by atoms with E-state index in [9.17, 15) is 4.79 Å². The predicted molar refractivity (Wildman–Crippen MR) is 83.3 cm³/mol. The first-order chi connectivity index (χ1) is 9.43. The summed E-state index contributed by atoms with van der Waals surface area (Å²) in [5.74, 6) is -0.134. The number of carbonyl (C=O) groups is 1. The minimum absolute atomic E-state index is 0.132. The molecule has 1 amide bonds. The van der Waals surface area contributed by atoms with E-state index < -0.39 is 0 Å². The molecule has 20 heavy (non-hydrogen) atoms. The van der Waals surface area contributed by atoms with Crippen LogP contribution in [-0.2, 0) is 4.79 Å². The van der Waals surface area contributed by atoms with Gasteiger partial charge < -0.3 is 10.2 Å². The number of aliphatic imine (C=N–C) groups is 1. The van der Waals surface area contributed by atoms with E-state index in [0.717, 1.165) is 38.9 Å². The first kappa shape index (κ1) is 15.5. The van der Waals surface area contributed by atoms with Crippen LogP contribution >= 0.6 is 11.6 Å². The van der Waals surface area contributed by atoms with E-state index in [-0.39, 0.29) is 17.5 Å². The molecule has 2 rings (SSSR count). The van der Waals surface area contributed by atoms with E-state index >= 15 is 0 Å². The molecule has 1 fully saturated rings. The molecule has 1 unspecified atom stereocenters. The number of halogens is 1. The number of nitrogens with zero attached hydrogens (tertiary/aromatic N) is 2. The van der Waals surface area contributed by atoms with Gasteiger partial charge in [-0.2, -0.15) is 0 Å². The Morgan fingerprint density at radius 1 is 1.55 bits per heavy atom. The summed E-state index contributed by atoms with van der Waals surface area (Å²) in [4.78, 5) is 19.2. The number of dihydropyridines is 1. The fourth-order valence-electron chi connectivity index (χ4n) is 2.69.